The van der Waals surface area contributed by atoms with E-state index in [1.165, 1.54) is 0 Å². The maximum absolute atomic E-state index is 12.8. The van der Waals surface area contributed by atoms with Crippen molar-refractivity contribution in [1.82, 2.24) is 10.2 Å². The number of H-pyrrole nitrogens is 1. The van der Waals surface area contributed by atoms with Gasteiger partial charge < -0.3 is 5.32 Å². The van der Waals surface area contributed by atoms with E-state index >= 15 is 0 Å². The molecule has 0 amide bonds. The molecule has 0 bridgehead atoms. The molecule has 1 atom stereocenters. The molecule has 0 spiro atoms. The standard InChI is InChI=1S/C14H16F3N3/c1-9-13(10(2)20-19-9)18-12(8-14(15,16)17)11-6-4-3-5-7-11/h3-7,12,18H,8H2,1-2H3,(H,19,20). The molecule has 0 saturated heterocycles. The maximum Gasteiger partial charge on any atom is 0.391 e. The van der Waals surface area contributed by atoms with Gasteiger partial charge in [0.05, 0.1) is 29.5 Å². The molecule has 6 heteroatoms. The number of benzene rings is 1. The summed E-state index contributed by atoms with van der Waals surface area (Å²) in [5.41, 5.74) is 2.61. The molecule has 20 heavy (non-hydrogen) atoms. The zero-order valence-electron chi connectivity index (χ0n) is 11.3. The van der Waals surface area contributed by atoms with E-state index in [0.29, 0.717) is 16.9 Å². The third-order valence-electron chi connectivity index (χ3n) is 3.08. The van der Waals surface area contributed by atoms with E-state index < -0.39 is 18.6 Å². The van der Waals surface area contributed by atoms with Crippen LogP contribution in [-0.4, -0.2) is 16.4 Å². The zero-order valence-corrected chi connectivity index (χ0v) is 11.3. The van der Waals surface area contributed by atoms with Gasteiger partial charge in [0.1, 0.15) is 0 Å². The van der Waals surface area contributed by atoms with Gasteiger partial charge in [-0.05, 0) is 19.4 Å². The number of aromatic amines is 1. The van der Waals surface area contributed by atoms with Crippen LogP contribution < -0.4 is 5.32 Å². The number of nitrogens with zero attached hydrogens (tertiary/aromatic N) is 1. The van der Waals surface area contributed by atoms with Crippen LogP contribution in [0.1, 0.15) is 29.4 Å². The summed E-state index contributed by atoms with van der Waals surface area (Å²) in [5.74, 6) is 0. The Bertz CT molecular complexity index is 541. The number of aryl methyl sites for hydroxylation is 2. The highest BCUT2D eigenvalue weighted by Gasteiger charge is 2.33. The Kier molecular flexibility index (Phi) is 4.01. The number of halogens is 3. The van der Waals surface area contributed by atoms with Crippen LogP contribution in [0.25, 0.3) is 0 Å². The molecule has 1 aromatic heterocycles. The minimum absolute atomic E-state index is 0.602. The Morgan fingerprint density at radius 2 is 1.85 bits per heavy atom. The molecule has 3 nitrogen and oxygen atoms in total. The van der Waals surface area contributed by atoms with Gasteiger partial charge in [-0.3, -0.25) is 5.10 Å². The van der Waals surface area contributed by atoms with Crippen molar-refractivity contribution < 1.29 is 13.2 Å². The van der Waals surface area contributed by atoms with Crippen LogP contribution in [0.3, 0.4) is 0 Å². The van der Waals surface area contributed by atoms with E-state index in [0.717, 1.165) is 5.69 Å². The summed E-state index contributed by atoms with van der Waals surface area (Å²) in [7, 11) is 0. The number of rotatable bonds is 4. The number of nitrogens with one attached hydrogen (secondary N) is 2. The number of hydrogen-bond donors (Lipinski definition) is 2. The first kappa shape index (κ1) is 14.4. The van der Waals surface area contributed by atoms with Gasteiger partial charge in [0.25, 0.3) is 0 Å². The summed E-state index contributed by atoms with van der Waals surface area (Å²) >= 11 is 0. The molecule has 2 N–H and O–H groups in total. The molecule has 108 valence electrons. The fraction of sp³-hybridized carbons (Fsp3) is 0.357. The highest BCUT2D eigenvalue weighted by Crippen LogP contribution is 2.33. The van der Waals surface area contributed by atoms with E-state index in [4.69, 9.17) is 0 Å². The lowest BCUT2D eigenvalue weighted by Gasteiger charge is -2.22. The highest BCUT2D eigenvalue weighted by molar-refractivity contribution is 5.53. The van der Waals surface area contributed by atoms with Crippen LogP contribution in [0.5, 0.6) is 0 Å². The summed E-state index contributed by atoms with van der Waals surface area (Å²) < 4.78 is 38.3. The lowest BCUT2D eigenvalue weighted by atomic mass is 10.0. The maximum atomic E-state index is 12.8. The van der Waals surface area contributed by atoms with Crippen LogP contribution >= 0.6 is 0 Å². The van der Waals surface area contributed by atoms with Gasteiger partial charge >= 0.3 is 6.18 Å². The molecule has 0 fully saturated rings. The topological polar surface area (TPSA) is 40.7 Å². The van der Waals surface area contributed by atoms with Gasteiger partial charge in [-0.25, -0.2) is 0 Å². The quantitative estimate of drug-likeness (QED) is 0.885. The molecule has 0 aliphatic rings. The summed E-state index contributed by atoms with van der Waals surface area (Å²) in [6.07, 6.45) is -5.17. The second-order valence-electron chi connectivity index (χ2n) is 4.74. The van der Waals surface area contributed by atoms with Gasteiger partial charge in [0.15, 0.2) is 0 Å². The fourth-order valence-corrected chi connectivity index (χ4v) is 2.11. The van der Waals surface area contributed by atoms with Crippen molar-refractivity contribution in [1.29, 1.82) is 0 Å². The lowest BCUT2D eigenvalue weighted by molar-refractivity contribution is -0.137. The SMILES string of the molecule is Cc1n[nH]c(C)c1NC(CC(F)(F)F)c1ccccc1. The van der Waals surface area contributed by atoms with E-state index in [9.17, 15) is 13.2 Å². The predicted molar refractivity (Wildman–Crippen MR) is 71.5 cm³/mol. The number of aromatic nitrogens is 2. The second kappa shape index (κ2) is 5.56. The predicted octanol–water partition coefficient (Wildman–Crippen LogP) is 4.13. The van der Waals surface area contributed by atoms with Gasteiger partial charge in [-0.15, -0.1) is 0 Å². The third kappa shape index (κ3) is 3.53. The van der Waals surface area contributed by atoms with Gasteiger partial charge in [0, 0.05) is 0 Å². The minimum atomic E-state index is -4.24. The molecule has 2 aromatic rings. The molecule has 1 aromatic carbocycles. The monoisotopic (exact) mass is 283 g/mol. The lowest BCUT2D eigenvalue weighted by Crippen LogP contribution is -2.20. The normalized spacial score (nSPS) is 13.2. The molecule has 2 rings (SSSR count). The first-order chi connectivity index (χ1) is 9.37. The minimum Gasteiger partial charge on any atom is -0.375 e. The molecule has 1 heterocycles. The Labute approximate surface area is 115 Å². The molecule has 0 aliphatic heterocycles. The van der Waals surface area contributed by atoms with E-state index in [1.54, 1.807) is 44.2 Å². The van der Waals surface area contributed by atoms with E-state index in [2.05, 4.69) is 15.5 Å². The highest BCUT2D eigenvalue weighted by atomic mass is 19.4. The van der Waals surface area contributed by atoms with Crippen molar-refractivity contribution in [2.75, 3.05) is 5.32 Å². The van der Waals surface area contributed by atoms with Crippen LogP contribution in [0.15, 0.2) is 30.3 Å². The number of hydrogen-bond acceptors (Lipinski definition) is 2. The third-order valence-corrected chi connectivity index (χ3v) is 3.08. The summed E-state index contributed by atoms with van der Waals surface area (Å²) in [6, 6.07) is 7.79. The average Bonchev–Trinajstić information content (AvgIpc) is 2.69. The summed E-state index contributed by atoms with van der Waals surface area (Å²) in [6.45, 7) is 3.53. The average molecular weight is 283 g/mol. The Hall–Kier alpha value is -1.98. The number of alkyl halides is 3. The van der Waals surface area contributed by atoms with Gasteiger partial charge in [-0.1, -0.05) is 30.3 Å². The first-order valence-electron chi connectivity index (χ1n) is 6.26. The van der Waals surface area contributed by atoms with Gasteiger partial charge in [0.2, 0.25) is 0 Å². The smallest absolute Gasteiger partial charge is 0.375 e. The van der Waals surface area contributed by atoms with Crippen LogP contribution in [0.4, 0.5) is 18.9 Å². The summed E-state index contributed by atoms with van der Waals surface area (Å²) in [5, 5.41) is 9.71. The largest absolute Gasteiger partial charge is 0.391 e. The number of anilines is 1. The molecule has 0 saturated carbocycles. The zero-order chi connectivity index (χ0) is 14.8. The molecular weight excluding hydrogens is 267 g/mol. The van der Waals surface area contributed by atoms with Crippen molar-refractivity contribution in [2.45, 2.75) is 32.5 Å². The van der Waals surface area contributed by atoms with Crippen molar-refractivity contribution in [3.8, 4) is 0 Å². The van der Waals surface area contributed by atoms with Crippen LogP contribution in [0.2, 0.25) is 0 Å². The van der Waals surface area contributed by atoms with E-state index in [1.807, 2.05) is 0 Å². The van der Waals surface area contributed by atoms with Crippen molar-refractivity contribution in [2.24, 2.45) is 0 Å². The second-order valence-corrected chi connectivity index (χ2v) is 4.74. The van der Waals surface area contributed by atoms with Crippen molar-refractivity contribution in [3.63, 3.8) is 0 Å². The van der Waals surface area contributed by atoms with Crippen LogP contribution in [-0.2, 0) is 0 Å². The van der Waals surface area contributed by atoms with Crippen molar-refractivity contribution >= 4 is 5.69 Å². The molecule has 0 aliphatic carbocycles. The van der Waals surface area contributed by atoms with Crippen molar-refractivity contribution in [3.05, 3.63) is 47.3 Å². The Balaban J connectivity index is 2.28. The Morgan fingerprint density at radius 1 is 1.20 bits per heavy atom. The molecular formula is C14H16F3N3. The molecule has 0 radical (unpaired) electrons. The van der Waals surface area contributed by atoms with E-state index in [-0.39, 0.29) is 0 Å². The van der Waals surface area contributed by atoms with Crippen LogP contribution in [0, 0.1) is 13.8 Å². The first-order valence-corrected chi connectivity index (χ1v) is 6.26. The fourth-order valence-electron chi connectivity index (χ4n) is 2.11. The Morgan fingerprint density at radius 3 is 2.35 bits per heavy atom. The summed E-state index contributed by atoms with van der Waals surface area (Å²) in [4.78, 5) is 0. The van der Waals surface area contributed by atoms with Gasteiger partial charge in [-0.2, -0.15) is 18.3 Å². The molecule has 1 unspecified atom stereocenters.